The molecular weight excluding hydrogens is 226 g/mol. The lowest BCUT2D eigenvalue weighted by atomic mass is 9.92. The molecule has 0 aliphatic heterocycles. The number of benzene rings is 1. The van der Waals surface area contributed by atoms with E-state index in [1.165, 1.54) is 0 Å². The summed E-state index contributed by atoms with van der Waals surface area (Å²) in [6.07, 6.45) is 0.578. The summed E-state index contributed by atoms with van der Waals surface area (Å²) in [7, 11) is 1.64. The molecule has 0 spiro atoms. The van der Waals surface area contributed by atoms with Gasteiger partial charge in [0.05, 0.1) is 11.1 Å². The van der Waals surface area contributed by atoms with Crippen LogP contribution in [-0.4, -0.2) is 23.8 Å². The van der Waals surface area contributed by atoms with Crippen LogP contribution >= 0.6 is 0 Å². The van der Waals surface area contributed by atoms with E-state index in [2.05, 4.69) is 4.98 Å². The maximum atomic E-state index is 10.4. The smallest absolute Gasteiger partial charge is 0.0890 e. The van der Waals surface area contributed by atoms with Gasteiger partial charge in [-0.15, -0.1) is 0 Å². The van der Waals surface area contributed by atoms with E-state index < -0.39 is 5.60 Å². The average molecular weight is 245 g/mol. The van der Waals surface area contributed by atoms with Gasteiger partial charge in [0.1, 0.15) is 0 Å². The second kappa shape index (κ2) is 5.04. The number of rotatable bonds is 4. The lowest BCUT2D eigenvalue weighted by Gasteiger charge is -2.23. The molecule has 1 aromatic heterocycles. The van der Waals surface area contributed by atoms with Gasteiger partial charge in [-0.1, -0.05) is 12.1 Å². The molecule has 18 heavy (non-hydrogen) atoms. The Morgan fingerprint density at radius 2 is 2.06 bits per heavy atom. The Morgan fingerprint density at radius 1 is 1.28 bits per heavy atom. The fraction of sp³-hybridized carbons (Fsp3) is 0.400. The van der Waals surface area contributed by atoms with Crippen molar-refractivity contribution in [1.82, 2.24) is 4.98 Å². The fourth-order valence-corrected chi connectivity index (χ4v) is 2.01. The zero-order valence-corrected chi connectivity index (χ0v) is 11.1. The number of nitrogens with zero attached hydrogens (tertiary/aromatic N) is 1. The zero-order chi connectivity index (χ0) is 13.2. The first-order valence-electron chi connectivity index (χ1n) is 6.12. The molecule has 1 N–H and O–H groups in total. The van der Waals surface area contributed by atoms with Crippen LogP contribution < -0.4 is 0 Å². The monoisotopic (exact) mass is 245 g/mol. The molecule has 3 heteroatoms. The Labute approximate surface area is 107 Å². The van der Waals surface area contributed by atoms with Gasteiger partial charge >= 0.3 is 0 Å². The van der Waals surface area contributed by atoms with Crippen LogP contribution in [0.3, 0.4) is 0 Å². The molecule has 1 aromatic carbocycles. The number of ether oxygens (including phenoxy) is 1. The summed E-state index contributed by atoms with van der Waals surface area (Å²) in [5, 5.41) is 11.5. The summed E-state index contributed by atoms with van der Waals surface area (Å²) < 4.78 is 5.03. The Bertz CT molecular complexity index is 549. The number of methoxy groups -OCH3 is 1. The molecule has 0 fully saturated rings. The zero-order valence-electron chi connectivity index (χ0n) is 11.1. The highest BCUT2D eigenvalue weighted by molar-refractivity contribution is 5.79. The lowest BCUT2D eigenvalue weighted by Crippen LogP contribution is -2.23. The van der Waals surface area contributed by atoms with Gasteiger partial charge in [-0.2, -0.15) is 0 Å². The van der Waals surface area contributed by atoms with Crippen molar-refractivity contribution >= 4 is 10.9 Å². The van der Waals surface area contributed by atoms with Crippen molar-refractivity contribution in [3.05, 3.63) is 41.6 Å². The van der Waals surface area contributed by atoms with Gasteiger partial charge in [-0.3, -0.25) is 4.98 Å². The van der Waals surface area contributed by atoms with Crippen LogP contribution in [0.2, 0.25) is 0 Å². The SMILES string of the molecule is COCCC(C)(O)c1ccc2nc(C)ccc2c1. The molecular formula is C15H19NO2. The first kappa shape index (κ1) is 13.0. The second-order valence-electron chi connectivity index (χ2n) is 4.88. The molecule has 0 saturated carbocycles. The number of aliphatic hydroxyl groups is 1. The van der Waals surface area contributed by atoms with Crippen LogP contribution in [0.4, 0.5) is 0 Å². The summed E-state index contributed by atoms with van der Waals surface area (Å²) in [6.45, 7) is 4.33. The molecule has 3 nitrogen and oxygen atoms in total. The normalized spacial score (nSPS) is 14.7. The molecule has 1 atom stereocenters. The van der Waals surface area contributed by atoms with Crippen molar-refractivity contribution < 1.29 is 9.84 Å². The minimum Gasteiger partial charge on any atom is -0.385 e. The Hall–Kier alpha value is -1.45. The van der Waals surface area contributed by atoms with E-state index in [0.717, 1.165) is 22.2 Å². The third-order valence-electron chi connectivity index (χ3n) is 3.24. The Balaban J connectivity index is 2.37. The highest BCUT2D eigenvalue weighted by atomic mass is 16.5. The summed E-state index contributed by atoms with van der Waals surface area (Å²) in [5.41, 5.74) is 2.00. The predicted molar refractivity (Wildman–Crippen MR) is 72.5 cm³/mol. The number of aryl methyl sites for hydroxylation is 1. The molecule has 0 bridgehead atoms. The topological polar surface area (TPSA) is 42.4 Å². The highest BCUT2D eigenvalue weighted by Gasteiger charge is 2.22. The summed E-state index contributed by atoms with van der Waals surface area (Å²) >= 11 is 0. The van der Waals surface area contributed by atoms with Gasteiger partial charge in [-0.05, 0) is 37.6 Å². The Kier molecular flexibility index (Phi) is 3.64. The Morgan fingerprint density at radius 3 is 2.78 bits per heavy atom. The van der Waals surface area contributed by atoms with Gasteiger partial charge in [0, 0.05) is 31.2 Å². The third-order valence-corrected chi connectivity index (χ3v) is 3.24. The number of hydrogen-bond donors (Lipinski definition) is 1. The van der Waals surface area contributed by atoms with Crippen LogP contribution in [0.25, 0.3) is 10.9 Å². The van der Waals surface area contributed by atoms with Gasteiger partial charge in [0.2, 0.25) is 0 Å². The summed E-state index contributed by atoms with van der Waals surface area (Å²) in [4.78, 5) is 4.45. The molecule has 2 rings (SSSR count). The van der Waals surface area contributed by atoms with Crippen molar-refractivity contribution in [2.24, 2.45) is 0 Å². The van der Waals surface area contributed by atoms with Gasteiger partial charge in [0.15, 0.2) is 0 Å². The molecule has 0 aliphatic carbocycles. The molecule has 1 unspecified atom stereocenters. The quantitative estimate of drug-likeness (QED) is 0.900. The lowest BCUT2D eigenvalue weighted by molar-refractivity contribution is 0.0211. The van der Waals surface area contributed by atoms with E-state index in [1.807, 2.05) is 44.2 Å². The molecule has 2 aromatic rings. The first-order valence-corrected chi connectivity index (χ1v) is 6.12. The molecule has 0 saturated heterocycles. The number of fused-ring (bicyclic) bond motifs is 1. The minimum atomic E-state index is -0.866. The van der Waals surface area contributed by atoms with E-state index in [-0.39, 0.29) is 0 Å². The van der Waals surface area contributed by atoms with Crippen LogP contribution in [0.5, 0.6) is 0 Å². The van der Waals surface area contributed by atoms with E-state index in [0.29, 0.717) is 13.0 Å². The van der Waals surface area contributed by atoms with Gasteiger partial charge in [-0.25, -0.2) is 0 Å². The fourth-order valence-electron chi connectivity index (χ4n) is 2.01. The minimum absolute atomic E-state index is 0.539. The number of aromatic nitrogens is 1. The van der Waals surface area contributed by atoms with E-state index in [1.54, 1.807) is 7.11 Å². The van der Waals surface area contributed by atoms with Crippen molar-refractivity contribution in [2.45, 2.75) is 25.9 Å². The third kappa shape index (κ3) is 2.68. The van der Waals surface area contributed by atoms with Crippen molar-refractivity contribution in [3.63, 3.8) is 0 Å². The van der Waals surface area contributed by atoms with Crippen LogP contribution in [0.1, 0.15) is 24.6 Å². The van der Waals surface area contributed by atoms with Crippen LogP contribution in [0.15, 0.2) is 30.3 Å². The second-order valence-corrected chi connectivity index (χ2v) is 4.88. The maximum absolute atomic E-state index is 10.4. The first-order chi connectivity index (χ1) is 8.53. The molecule has 1 heterocycles. The van der Waals surface area contributed by atoms with Gasteiger partial charge < -0.3 is 9.84 Å². The van der Waals surface area contributed by atoms with Gasteiger partial charge in [0.25, 0.3) is 0 Å². The molecule has 0 aliphatic rings. The summed E-state index contributed by atoms with van der Waals surface area (Å²) in [5.74, 6) is 0. The van der Waals surface area contributed by atoms with Crippen LogP contribution in [0, 0.1) is 6.92 Å². The molecule has 96 valence electrons. The summed E-state index contributed by atoms with van der Waals surface area (Å²) in [6, 6.07) is 9.91. The standard InChI is InChI=1S/C15H19NO2/c1-11-4-5-12-10-13(6-7-14(12)16-11)15(2,17)8-9-18-3/h4-7,10,17H,8-9H2,1-3H3. The molecule has 0 amide bonds. The number of pyridine rings is 1. The average Bonchev–Trinajstić information content (AvgIpc) is 2.35. The van der Waals surface area contributed by atoms with E-state index in [4.69, 9.17) is 4.74 Å². The van der Waals surface area contributed by atoms with E-state index >= 15 is 0 Å². The number of hydrogen-bond acceptors (Lipinski definition) is 3. The predicted octanol–water partition coefficient (Wildman–Crippen LogP) is 2.79. The maximum Gasteiger partial charge on any atom is 0.0890 e. The van der Waals surface area contributed by atoms with E-state index in [9.17, 15) is 5.11 Å². The molecule has 0 radical (unpaired) electrons. The van der Waals surface area contributed by atoms with Crippen molar-refractivity contribution in [1.29, 1.82) is 0 Å². The largest absolute Gasteiger partial charge is 0.385 e. The van der Waals surface area contributed by atoms with Crippen LogP contribution in [-0.2, 0) is 10.3 Å². The highest BCUT2D eigenvalue weighted by Crippen LogP contribution is 2.27. The van der Waals surface area contributed by atoms with Crippen molar-refractivity contribution in [3.8, 4) is 0 Å². The van der Waals surface area contributed by atoms with Crippen molar-refractivity contribution in [2.75, 3.05) is 13.7 Å².